The zero-order valence-electron chi connectivity index (χ0n) is 13.3. The summed E-state index contributed by atoms with van der Waals surface area (Å²) in [6.07, 6.45) is 1.68. The fourth-order valence-electron chi connectivity index (χ4n) is 1.96. The van der Waals surface area contributed by atoms with Crippen LogP contribution < -0.4 is 10.1 Å². The molecule has 6 heteroatoms. The lowest BCUT2D eigenvalue weighted by molar-refractivity contribution is -0.117. The number of halogens is 1. The van der Waals surface area contributed by atoms with Crippen molar-refractivity contribution in [3.63, 3.8) is 0 Å². The molecule has 1 N–H and O–H groups in total. The molecule has 0 atom stereocenters. The molecule has 0 aliphatic rings. The molecular weight excluding hydrogens is 358 g/mol. The van der Waals surface area contributed by atoms with Crippen molar-refractivity contribution in [2.75, 3.05) is 32.1 Å². The van der Waals surface area contributed by atoms with Gasteiger partial charge in [-0.2, -0.15) is 0 Å². The molecule has 0 aliphatic carbocycles. The minimum atomic E-state index is -0.0887. The number of carbonyl (C=O) groups excluding carboxylic acids is 1. The number of rotatable bonds is 7. The number of nitrogens with zero attached hydrogens (tertiary/aromatic N) is 2. The lowest BCUT2D eigenvalue weighted by Crippen LogP contribution is -2.33. The van der Waals surface area contributed by atoms with Gasteiger partial charge in [-0.1, -0.05) is 15.9 Å². The van der Waals surface area contributed by atoms with Crippen molar-refractivity contribution in [3.8, 4) is 5.75 Å². The molecule has 2 rings (SSSR count). The Morgan fingerprint density at radius 1 is 1.30 bits per heavy atom. The Bertz CT molecular complexity index is 647. The number of hydrogen-bond acceptors (Lipinski definition) is 4. The molecule has 0 saturated carbocycles. The number of benzene rings is 1. The summed E-state index contributed by atoms with van der Waals surface area (Å²) < 4.78 is 6.66. The summed E-state index contributed by atoms with van der Waals surface area (Å²) in [7, 11) is 1.88. The largest absolute Gasteiger partial charge is 0.492 e. The molecule has 0 unspecified atom stereocenters. The molecular formula is C17H20BrN3O2. The summed E-state index contributed by atoms with van der Waals surface area (Å²) in [5, 5.41) is 2.79. The number of carbonyl (C=O) groups is 1. The average molecular weight is 378 g/mol. The number of aromatic nitrogens is 1. The number of pyridine rings is 1. The molecule has 1 amide bonds. The van der Waals surface area contributed by atoms with Crippen molar-refractivity contribution in [2.24, 2.45) is 0 Å². The van der Waals surface area contributed by atoms with Crippen LogP contribution in [0.1, 0.15) is 5.56 Å². The van der Waals surface area contributed by atoms with Gasteiger partial charge in [-0.25, -0.2) is 4.98 Å². The third-order valence-electron chi connectivity index (χ3n) is 3.15. The second-order valence-electron chi connectivity index (χ2n) is 5.31. The van der Waals surface area contributed by atoms with Gasteiger partial charge in [-0.3, -0.25) is 9.69 Å². The van der Waals surface area contributed by atoms with Gasteiger partial charge in [-0.15, -0.1) is 0 Å². The predicted octanol–water partition coefficient (Wildman–Crippen LogP) is 3.10. The summed E-state index contributed by atoms with van der Waals surface area (Å²) in [6.45, 7) is 3.43. The molecule has 2 aromatic rings. The summed E-state index contributed by atoms with van der Waals surface area (Å²) >= 11 is 3.38. The molecule has 0 spiro atoms. The molecule has 23 heavy (non-hydrogen) atoms. The van der Waals surface area contributed by atoms with E-state index in [1.807, 2.05) is 55.3 Å². The van der Waals surface area contributed by atoms with E-state index in [0.29, 0.717) is 25.5 Å². The number of aryl methyl sites for hydroxylation is 1. The van der Waals surface area contributed by atoms with Crippen molar-refractivity contribution in [3.05, 3.63) is 52.6 Å². The highest BCUT2D eigenvalue weighted by molar-refractivity contribution is 9.10. The van der Waals surface area contributed by atoms with Gasteiger partial charge in [0.2, 0.25) is 5.91 Å². The summed E-state index contributed by atoms with van der Waals surface area (Å²) in [6, 6.07) is 11.4. The molecule has 5 nitrogen and oxygen atoms in total. The first-order valence-electron chi connectivity index (χ1n) is 7.32. The smallest absolute Gasteiger partial charge is 0.239 e. The normalized spacial score (nSPS) is 10.6. The first-order chi connectivity index (χ1) is 11.0. The predicted molar refractivity (Wildman–Crippen MR) is 94.7 cm³/mol. The van der Waals surface area contributed by atoms with Crippen LogP contribution in [-0.2, 0) is 4.79 Å². The Labute approximate surface area is 144 Å². The van der Waals surface area contributed by atoms with Crippen LogP contribution in [0.15, 0.2) is 47.1 Å². The molecule has 0 bridgehead atoms. The Hall–Kier alpha value is -1.92. The SMILES string of the molecule is Cc1ccnc(NC(=O)CN(C)CCOc2ccc(Br)cc2)c1. The second-order valence-corrected chi connectivity index (χ2v) is 6.22. The number of anilines is 1. The Balaban J connectivity index is 1.70. The third-order valence-corrected chi connectivity index (χ3v) is 3.68. The molecule has 1 heterocycles. The lowest BCUT2D eigenvalue weighted by atomic mass is 10.3. The molecule has 1 aromatic carbocycles. The van der Waals surface area contributed by atoms with Crippen molar-refractivity contribution >= 4 is 27.7 Å². The van der Waals surface area contributed by atoms with Crippen LogP contribution in [0.2, 0.25) is 0 Å². The quantitative estimate of drug-likeness (QED) is 0.805. The zero-order valence-corrected chi connectivity index (χ0v) is 14.8. The van der Waals surface area contributed by atoms with E-state index in [2.05, 4.69) is 26.2 Å². The van der Waals surface area contributed by atoms with Gasteiger partial charge < -0.3 is 10.1 Å². The van der Waals surface area contributed by atoms with E-state index in [-0.39, 0.29) is 5.91 Å². The molecule has 0 aliphatic heterocycles. The maximum Gasteiger partial charge on any atom is 0.239 e. The van der Waals surface area contributed by atoms with E-state index < -0.39 is 0 Å². The fourth-order valence-corrected chi connectivity index (χ4v) is 2.23. The zero-order chi connectivity index (χ0) is 16.7. The third kappa shape index (κ3) is 6.38. The summed E-state index contributed by atoms with van der Waals surface area (Å²) in [5.41, 5.74) is 1.06. The second kappa shape index (κ2) is 8.64. The Morgan fingerprint density at radius 2 is 2.04 bits per heavy atom. The van der Waals surface area contributed by atoms with Crippen LogP contribution in [-0.4, -0.2) is 42.5 Å². The van der Waals surface area contributed by atoms with Crippen LogP contribution in [0.25, 0.3) is 0 Å². The van der Waals surface area contributed by atoms with Crippen molar-refractivity contribution in [2.45, 2.75) is 6.92 Å². The van der Waals surface area contributed by atoms with Gasteiger partial charge in [0.1, 0.15) is 18.2 Å². The standard InChI is InChI=1S/C17H20BrN3O2/c1-13-7-8-19-16(11-13)20-17(22)12-21(2)9-10-23-15-5-3-14(18)4-6-15/h3-8,11H,9-10,12H2,1-2H3,(H,19,20,22). The number of hydrogen-bond donors (Lipinski definition) is 1. The molecule has 0 saturated heterocycles. The molecule has 122 valence electrons. The van der Waals surface area contributed by atoms with E-state index in [9.17, 15) is 4.79 Å². The molecule has 0 fully saturated rings. The van der Waals surface area contributed by atoms with Crippen LogP contribution in [0.5, 0.6) is 5.75 Å². The average Bonchev–Trinajstić information content (AvgIpc) is 2.49. The lowest BCUT2D eigenvalue weighted by Gasteiger charge is -2.16. The van der Waals surface area contributed by atoms with Gasteiger partial charge in [0, 0.05) is 17.2 Å². The number of amides is 1. The molecule has 1 aromatic heterocycles. The van der Waals surface area contributed by atoms with E-state index in [0.717, 1.165) is 15.8 Å². The van der Waals surface area contributed by atoms with Gasteiger partial charge in [0.05, 0.1) is 6.54 Å². The highest BCUT2D eigenvalue weighted by Crippen LogP contribution is 2.15. The van der Waals surface area contributed by atoms with Gasteiger partial charge in [0.15, 0.2) is 0 Å². The Morgan fingerprint density at radius 3 is 2.74 bits per heavy atom. The minimum absolute atomic E-state index is 0.0887. The van der Waals surface area contributed by atoms with Crippen molar-refractivity contribution in [1.82, 2.24) is 9.88 Å². The van der Waals surface area contributed by atoms with E-state index in [1.54, 1.807) is 6.20 Å². The van der Waals surface area contributed by atoms with E-state index in [4.69, 9.17) is 4.74 Å². The first kappa shape index (κ1) is 17.4. The van der Waals surface area contributed by atoms with Crippen molar-refractivity contribution < 1.29 is 9.53 Å². The topological polar surface area (TPSA) is 54.5 Å². The highest BCUT2D eigenvalue weighted by Gasteiger charge is 2.08. The Kier molecular flexibility index (Phi) is 6.55. The van der Waals surface area contributed by atoms with Crippen LogP contribution in [0.4, 0.5) is 5.82 Å². The monoisotopic (exact) mass is 377 g/mol. The summed E-state index contributed by atoms with van der Waals surface area (Å²) in [4.78, 5) is 18.0. The van der Waals surface area contributed by atoms with E-state index >= 15 is 0 Å². The number of ether oxygens (including phenoxy) is 1. The van der Waals surface area contributed by atoms with Gasteiger partial charge in [-0.05, 0) is 55.9 Å². The minimum Gasteiger partial charge on any atom is -0.492 e. The number of likely N-dealkylation sites (N-methyl/N-ethyl adjacent to an activating group) is 1. The summed E-state index contributed by atoms with van der Waals surface area (Å²) in [5.74, 6) is 1.30. The van der Waals surface area contributed by atoms with Gasteiger partial charge in [0.25, 0.3) is 0 Å². The van der Waals surface area contributed by atoms with Crippen LogP contribution in [0, 0.1) is 6.92 Å². The maximum atomic E-state index is 12.0. The first-order valence-corrected chi connectivity index (χ1v) is 8.11. The van der Waals surface area contributed by atoms with Gasteiger partial charge >= 0.3 is 0 Å². The highest BCUT2D eigenvalue weighted by atomic mass is 79.9. The maximum absolute atomic E-state index is 12.0. The van der Waals surface area contributed by atoms with Crippen LogP contribution in [0.3, 0.4) is 0 Å². The van der Waals surface area contributed by atoms with Crippen molar-refractivity contribution in [1.29, 1.82) is 0 Å². The fraction of sp³-hybridized carbons (Fsp3) is 0.294. The van der Waals surface area contributed by atoms with E-state index in [1.165, 1.54) is 0 Å². The molecule has 0 radical (unpaired) electrons. The number of nitrogens with one attached hydrogen (secondary N) is 1. The van der Waals surface area contributed by atoms with Crippen LogP contribution >= 0.6 is 15.9 Å².